The van der Waals surface area contributed by atoms with Crippen LogP contribution >= 0.6 is 0 Å². The van der Waals surface area contributed by atoms with Crippen molar-refractivity contribution in [3.63, 3.8) is 0 Å². The summed E-state index contributed by atoms with van der Waals surface area (Å²) in [6.07, 6.45) is 2.10. The van der Waals surface area contributed by atoms with Crippen LogP contribution < -0.4 is 0 Å². The molecule has 0 aliphatic heterocycles. The average Bonchev–Trinajstić information content (AvgIpc) is 3.00. The number of furan rings is 1. The molecule has 2 atom stereocenters. The molecular formula is C17H21NO3S. The van der Waals surface area contributed by atoms with Crippen molar-refractivity contribution >= 4 is 10.0 Å². The average molecular weight is 319 g/mol. The zero-order valence-electron chi connectivity index (χ0n) is 12.8. The second-order valence-electron chi connectivity index (χ2n) is 5.26. The molecule has 0 aliphatic carbocycles. The van der Waals surface area contributed by atoms with Crippen LogP contribution in [0.4, 0.5) is 0 Å². The van der Waals surface area contributed by atoms with Crippen LogP contribution in [-0.2, 0) is 16.4 Å². The Morgan fingerprint density at radius 1 is 1.18 bits per heavy atom. The Bertz CT molecular complexity index is 693. The third kappa shape index (κ3) is 3.67. The van der Waals surface area contributed by atoms with Crippen molar-refractivity contribution in [2.24, 2.45) is 0 Å². The molecule has 0 spiro atoms. The molecule has 1 aromatic heterocycles. The largest absolute Gasteiger partial charge is 0.469 e. The third-order valence-electron chi connectivity index (χ3n) is 3.68. The molecule has 0 aliphatic rings. The Morgan fingerprint density at radius 2 is 1.86 bits per heavy atom. The molecular weight excluding hydrogens is 298 g/mol. The van der Waals surface area contributed by atoms with Gasteiger partial charge in [-0.3, -0.25) is 0 Å². The van der Waals surface area contributed by atoms with Gasteiger partial charge in [0.05, 0.1) is 6.26 Å². The van der Waals surface area contributed by atoms with Crippen molar-refractivity contribution in [1.29, 1.82) is 0 Å². The molecule has 0 N–H and O–H groups in total. The van der Waals surface area contributed by atoms with Gasteiger partial charge in [-0.15, -0.1) is 0 Å². The monoisotopic (exact) mass is 319 g/mol. The summed E-state index contributed by atoms with van der Waals surface area (Å²) in [5.41, 5.74) is 0.944. The number of rotatable bonds is 7. The lowest BCUT2D eigenvalue weighted by molar-refractivity contribution is 0.269. The first-order valence-corrected chi connectivity index (χ1v) is 8.69. The first-order valence-electron chi connectivity index (χ1n) is 7.19. The van der Waals surface area contributed by atoms with Crippen molar-refractivity contribution in [3.8, 4) is 0 Å². The van der Waals surface area contributed by atoms with Crippen LogP contribution in [0.25, 0.3) is 0 Å². The summed E-state index contributed by atoms with van der Waals surface area (Å²) >= 11 is 0. The topological polar surface area (TPSA) is 50.5 Å². The molecule has 0 radical (unpaired) electrons. The van der Waals surface area contributed by atoms with Crippen LogP contribution in [-0.4, -0.2) is 18.8 Å². The Kier molecular flexibility index (Phi) is 5.21. The lowest BCUT2D eigenvalue weighted by atomic mass is 10.1. The van der Waals surface area contributed by atoms with Gasteiger partial charge in [0, 0.05) is 23.9 Å². The smallest absolute Gasteiger partial charge is 0.236 e. The van der Waals surface area contributed by atoms with E-state index in [4.69, 9.17) is 4.42 Å². The maximum atomic E-state index is 12.5. The van der Waals surface area contributed by atoms with E-state index in [0.29, 0.717) is 6.42 Å². The lowest BCUT2D eigenvalue weighted by Gasteiger charge is -2.32. The summed E-state index contributed by atoms with van der Waals surface area (Å²) in [4.78, 5) is 0. The van der Waals surface area contributed by atoms with E-state index >= 15 is 0 Å². The Morgan fingerprint density at radius 3 is 2.41 bits per heavy atom. The van der Waals surface area contributed by atoms with E-state index in [0.717, 1.165) is 16.7 Å². The fourth-order valence-electron chi connectivity index (χ4n) is 2.63. The van der Waals surface area contributed by atoms with Crippen molar-refractivity contribution < 1.29 is 12.8 Å². The first-order chi connectivity index (χ1) is 10.5. The molecule has 1 heterocycles. The predicted molar refractivity (Wildman–Crippen MR) is 87.7 cm³/mol. The zero-order valence-corrected chi connectivity index (χ0v) is 13.7. The second-order valence-corrected chi connectivity index (χ2v) is 7.05. The van der Waals surface area contributed by atoms with Gasteiger partial charge in [-0.2, -0.15) is 4.31 Å². The molecule has 22 heavy (non-hydrogen) atoms. The van der Waals surface area contributed by atoms with Crippen molar-refractivity contribution in [3.05, 3.63) is 72.0 Å². The Balaban J connectivity index is 2.32. The second kappa shape index (κ2) is 6.94. The molecule has 0 amide bonds. The molecule has 2 rings (SSSR count). The maximum Gasteiger partial charge on any atom is 0.236 e. The molecule has 0 saturated carbocycles. The van der Waals surface area contributed by atoms with Crippen LogP contribution in [0.5, 0.6) is 0 Å². The highest BCUT2D eigenvalue weighted by atomic mass is 32.2. The van der Waals surface area contributed by atoms with Gasteiger partial charge in [-0.05, 0) is 31.5 Å². The molecule has 0 fully saturated rings. The van der Waals surface area contributed by atoms with E-state index in [9.17, 15) is 8.42 Å². The van der Waals surface area contributed by atoms with Crippen molar-refractivity contribution in [2.45, 2.75) is 32.4 Å². The van der Waals surface area contributed by atoms with Gasteiger partial charge in [0.2, 0.25) is 10.0 Å². The summed E-state index contributed by atoms with van der Waals surface area (Å²) in [7, 11) is -3.55. The minimum atomic E-state index is -3.55. The molecule has 118 valence electrons. The fraction of sp³-hybridized carbons (Fsp3) is 0.294. The first kappa shape index (κ1) is 16.5. The summed E-state index contributed by atoms with van der Waals surface area (Å²) in [5.74, 6) is 0.761. The minimum absolute atomic E-state index is 0.246. The van der Waals surface area contributed by atoms with E-state index in [2.05, 4.69) is 6.58 Å². The van der Waals surface area contributed by atoms with Crippen LogP contribution in [0.3, 0.4) is 0 Å². The fourth-order valence-corrected chi connectivity index (χ4v) is 3.94. The van der Waals surface area contributed by atoms with E-state index in [-0.39, 0.29) is 12.1 Å². The summed E-state index contributed by atoms with van der Waals surface area (Å²) in [5, 5.41) is 1.01. The molecule has 1 unspecified atom stereocenters. The van der Waals surface area contributed by atoms with Crippen LogP contribution in [0.2, 0.25) is 0 Å². The molecule has 4 nitrogen and oxygen atoms in total. The van der Waals surface area contributed by atoms with Gasteiger partial charge in [-0.25, -0.2) is 8.42 Å². The van der Waals surface area contributed by atoms with E-state index in [1.54, 1.807) is 12.3 Å². The van der Waals surface area contributed by atoms with Gasteiger partial charge in [0.15, 0.2) is 0 Å². The molecule has 0 bridgehead atoms. The van der Waals surface area contributed by atoms with Crippen LogP contribution in [0.15, 0.2) is 65.1 Å². The van der Waals surface area contributed by atoms with Gasteiger partial charge < -0.3 is 4.42 Å². The minimum Gasteiger partial charge on any atom is -0.469 e. The van der Waals surface area contributed by atoms with E-state index in [1.807, 2.05) is 50.2 Å². The molecule has 5 heteroatoms. The van der Waals surface area contributed by atoms with Crippen LogP contribution in [0, 0.1) is 0 Å². The number of hydrogen-bond acceptors (Lipinski definition) is 3. The molecule has 2 aromatic rings. The van der Waals surface area contributed by atoms with Crippen LogP contribution in [0.1, 0.15) is 31.2 Å². The normalized spacial score (nSPS) is 14.7. The standard InChI is InChI=1S/C17H21NO3S/c1-4-22(19,20)18(14(2)13-17-11-8-12-21-17)15(3)16-9-6-5-7-10-16/h4-12,14-15H,1,13H2,2-3H3/t14?,15-/m0/s1. The van der Waals surface area contributed by atoms with E-state index in [1.165, 1.54) is 4.31 Å². The zero-order chi connectivity index (χ0) is 16.2. The van der Waals surface area contributed by atoms with Gasteiger partial charge >= 0.3 is 0 Å². The predicted octanol–water partition coefficient (Wildman–Crippen LogP) is 3.75. The SMILES string of the molecule is C=CS(=O)(=O)N(C(C)Cc1ccco1)[C@@H](C)c1ccccc1. The van der Waals surface area contributed by atoms with Gasteiger partial charge in [0.25, 0.3) is 0 Å². The highest BCUT2D eigenvalue weighted by Gasteiger charge is 2.31. The van der Waals surface area contributed by atoms with Gasteiger partial charge in [0.1, 0.15) is 5.76 Å². The van der Waals surface area contributed by atoms with Crippen molar-refractivity contribution in [1.82, 2.24) is 4.31 Å². The molecule has 0 saturated heterocycles. The number of sulfonamides is 1. The highest BCUT2D eigenvalue weighted by molar-refractivity contribution is 7.92. The summed E-state index contributed by atoms with van der Waals surface area (Å²) in [6.45, 7) is 7.22. The quantitative estimate of drug-likeness (QED) is 0.781. The lowest BCUT2D eigenvalue weighted by Crippen LogP contribution is -2.40. The molecule has 1 aromatic carbocycles. The Hall–Kier alpha value is -1.85. The maximum absolute atomic E-state index is 12.5. The number of nitrogens with zero attached hydrogens (tertiary/aromatic N) is 1. The van der Waals surface area contributed by atoms with E-state index < -0.39 is 10.0 Å². The third-order valence-corrected chi connectivity index (χ3v) is 5.36. The number of hydrogen-bond donors (Lipinski definition) is 0. The van der Waals surface area contributed by atoms with Gasteiger partial charge in [-0.1, -0.05) is 36.9 Å². The highest BCUT2D eigenvalue weighted by Crippen LogP contribution is 2.27. The van der Waals surface area contributed by atoms with Crippen molar-refractivity contribution in [2.75, 3.05) is 0 Å². The summed E-state index contributed by atoms with van der Waals surface area (Å²) < 4.78 is 31.7. The summed E-state index contributed by atoms with van der Waals surface area (Å²) in [6, 6.07) is 12.7. The Labute approximate surface area is 132 Å². The number of benzene rings is 1.